The van der Waals surface area contributed by atoms with E-state index in [0.717, 1.165) is 6.42 Å². The Hall–Kier alpha value is -0.920. The fourth-order valence-corrected chi connectivity index (χ4v) is 0.633. The maximum atomic E-state index is 10.8. The minimum Gasteiger partial charge on any atom is -0.295 e. The van der Waals surface area contributed by atoms with Gasteiger partial charge in [0, 0.05) is 12.8 Å². The van der Waals surface area contributed by atoms with Crippen molar-refractivity contribution in [3.63, 3.8) is 0 Å². The van der Waals surface area contributed by atoms with Crippen LogP contribution in [0.1, 0.15) is 33.1 Å². The summed E-state index contributed by atoms with van der Waals surface area (Å²) in [5, 5.41) is 0. The third-order valence-corrected chi connectivity index (χ3v) is 1.30. The summed E-state index contributed by atoms with van der Waals surface area (Å²) in [6.07, 6.45) is 4.57. The third kappa shape index (κ3) is 5.52. The molecule has 0 aliphatic carbocycles. The summed E-state index contributed by atoms with van der Waals surface area (Å²) in [5.41, 5.74) is 0. The van der Waals surface area contributed by atoms with Crippen LogP contribution in [0, 0.1) is 0 Å². The van der Waals surface area contributed by atoms with Gasteiger partial charge in [0.25, 0.3) is 0 Å². The molecule has 0 radical (unpaired) electrons. The fraction of sp³-hybridized carbons (Fsp3) is 0.556. The number of rotatable bonds is 5. The van der Waals surface area contributed by atoms with Crippen molar-refractivity contribution in [1.29, 1.82) is 0 Å². The topological polar surface area (TPSA) is 34.1 Å². The Kier molecular flexibility index (Phi) is 5.35. The molecule has 2 heteroatoms. The minimum atomic E-state index is 0.00875. The van der Waals surface area contributed by atoms with E-state index in [4.69, 9.17) is 0 Å². The molecule has 0 aliphatic rings. The van der Waals surface area contributed by atoms with Gasteiger partial charge in [-0.15, -0.1) is 0 Å². The van der Waals surface area contributed by atoms with Crippen LogP contribution in [0.3, 0.4) is 0 Å². The molecule has 0 rings (SSSR count). The third-order valence-electron chi connectivity index (χ3n) is 1.30. The molecular formula is C9H14O2. The van der Waals surface area contributed by atoms with E-state index < -0.39 is 0 Å². The monoisotopic (exact) mass is 154 g/mol. The molecule has 0 aliphatic heterocycles. The van der Waals surface area contributed by atoms with Gasteiger partial charge in [0.1, 0.15) is 0 Å². The molecule has 0 bridgehead atoms. The normalized spacial score (nSPS) is 10.4. The Balaban J connectivity index is 3.73. The largest absolute Gasteiger partial charge is 0.295 e. The van der Waals surface area contributed by atoms with E-state index in [9.17, 15) is 9.59 Å². The van der Waals surface area contributed by atoms with Crippen molar-refractivity contribution in [1.82, 2.24) is 0 Å². The number of hydrogen-bond acceptors (Lipinski definition) is 2. The molecule has 0 aromatic rings. The Morgan fingerprint density at radius 1 is 1.09 bits per heavy atom. The van der Waals surface area contributed by atoms with Crippen LogP contribution in [0.5, 0.6) is 0 Å². The second-order valence-corrected chi connectivity index (χ2v) is 2.37. The lowest BCUT2D eigenvalue weighted by atomic mass is 10.2. The highest BCUT2D eigenvalue weighted by atomic mass is 16.1. The van der Waals surface area contributed by atoms with Crippen LogP contribution in [0.2, 0.25) is 0 Å². The van der Waals surface area contributed by atoms with E-state index in [2.05, 4.69) is 0 Å². The molecule has 62 valence electrons. The molecule has 11 heavy (non-hydrogen) atoms. The predicted molar refractivity (Wildman–Crippen MR) is 44.4 cm³/mol. The van der Waals surface area contributed by atoms with Gasteiger partial charge in [-0.1, -0.05) is 13.8 Å². The summed E-state index contributed by atoms with van der Waals surface area (Å²) in [5.74, 6) is 0.0451. The van der Waals surface area contributed by atoms with E-state index >= 15 is 0 Å². The van der Waals surface area contributed by atoms with Crippen molar-refractivity contribution < 1.29 is 9.59 Å². The molecule has 0 saturated heterocycles. The molecule has 0 aromatic carbocycles. The highest BCUT2D eigenvalue weighted by molar-refractivity contribution is 5.98. The maximum Gasteiger partial charge on any atom is 0.155 e. The van der Waals surface area contributed by atoms with Crippen LogP contribution in [-0.4, -0.2) is 11.6 Å². The van der Waals surface area contributed by atoms with Gasteiger partial charge in [-0.2, -0.15) is 0 Å². The van der Waals surface area contributed by atoms with Gasteiger partial charge in [-0.05, 0) is 18.6 Å². The lowest BCUT2D eigenvalue weighted by molar-refractivity contribution is -0.116. The first-order valence-electron chi connectivity index (χ1n) is 3.94. The first-order valence-corrected chi connectivity index (χ1v) is 3.94. The standard InChI is InChI=1S/C9H14O2/c1-3-5-9(11)7-6-8(10)4-2/h6-7H,3-5H2,1-2H3/b7-6+. The molecule has 0 atom stereocenters. The van der Waals surface area contributed by atoms with E-state index in [1.807, 2.05) is 6.92 Å². The first-order chi connectivity index (χ1) is 5.20. The van der Waals surface area contributed by atoms with Crippen LogP contribution in [0.25, 0.3) is 0 Å². The summed E-state index contributed by atoms with van der Waals surface area (Å²) in [6.45, 7) is 3.71. The molecule has 0 unspecified atom stereocenters. The lowest BCUT2D eigenvalue weighted by Crippen LogP contribution is -1.94. The molecule has 0 N–H and O–H groups in total. The summed E-state index contributed by atoms with van der Waals surface area (Å²) < 4.78 is 0. The van der Waals surface area contributed by atoms with Gasteiger partial charge in [0.15, 0.2) is 11.6 Å². The zero-order valence-corrected chi connectivity index (χ0v) is 7.09. The van der Waals surface area contributed by atoms with Crippen molar-refractivity contribution >= 4 is 11.6 Å². The second kappa shape index (κ2) is 5.83. The molecule has 0 spiro atoms. The molecule has 0 aromatic heterocycles. The van der Waals surface area contributed by atoms with E-state index in [0.29, 0.717) is 12.8 Å². The molecular weight excluding hydrogens is 140 g/mol. The smallest absolute Gasteiger partial charge is 0.155 e. The van der Waals surface area contributed by atoms with E-state index in [-0.39, 0.29) is 11.6 Å². The summed E-state index contributed by atoms with van der Waals surface area (Å²) >= 11 is 0. The van der Waals surface area contributed by atoms with Crippen LogP contribution in [0.15, 0.2) is 12.2 Å². The minimum absolute atomic E-state index is 0.00875. The summed E-state index contributed by atoms with van der Waals surface area (Å²) in [4.78, 5) is 21.5. The summed E-state index contributed by atoms with van der Waals surface area (Å²) in [6, 6.07) is 0. The number of allylic oxidation sites excluding steroid dienone is 2. The second-order valence-electron chi connectivity index (χ2n) is 2.37. The fourth-order valence-electron chi connectivity index (χ4n) is 0.633. The average molecular weight is 154 g/mol. The van der Waals surface area contributed by atoms with Crippen molar-refractivity contribution in [2.75, 3.05) is 0 Å². The Morgan fingerprint density at radius 3 is 2.09 bits per heavy atom. The highest BCUT2D eigenvalue weighted by Crippen LogP contribution is 1.91. The number of ketones is 2. The summed E-state index contributed by atoms with van der Waals surface area (Å²) in [7, 11) is 0. The quantitative estimate of drug-likeness (QED) is 0.567. The SMILES string of the molecule is CCCC(=O)/C=C/C(=O)CC. The molecule has 0 amide bonds. The average Bonchev–Trinajstić information content (AvgIpc) is 2.01. The number of carbonyl (C=O) groups is 2. The molecule has 0 fully saturated rings. The van der Waals surface area contributed by atoms with Crippen molar-refractivity contribution in [3.8, 4) is 0 Å². The van der Waals surface area contributed by atoms with Crippen molar-refractivity contribution in [3.05, 3.63) is 12.2 Å². The Bertz CT molecular complexity index is 168. The van der Waals surface area contributed by atoms with Gasteiger partial charge in [-0.25, -0.2) is 0 Å². The number of carbonyl (C=O) groups excluding carboxylic acids is 2. The molecule has 0 saturated carbocycles. The first kappa shape index (κ1) is 10.1. The van der Waals surface area contributed by atoms with Crippen LogP contribution >= 0.6 is 0 Å². The predicted octanol–water partition coefficient (Wildman–Crippen LogP) is 1.89. The maximum absolute atomic E-state index is 10.8. The number of hydrogen-bond donors (Lipinski definition) is 0. The van der Waals surface area contributed by atoms with Gasteiger partial charge in [-0.3, -0.25) is 9.59 Å². The van der Waals surface area contributed by atoms with E-state index in [1.165, 1.54) is 12.2 Å². The molecule has 0 heterocycles. The van der Waals surface area contributed by atoms with Gasteiger partial charge < -0.3 is 0 Å². The Labute approximate surface area is 67.3 Å². The van der Waals surface area contributed by atoms with Crippen LogP contribution in [0.4, 0.5) is 0 Å². The van der Waals surface area contributed by atoms with Crippen molar-refractivity contribution in [2.24, 2.45) is 0 Å². The van der Waals surface area contributed by atoms with Crippen LogP contribution < -0.4 is 0 Å². The van der Waals surface area contributed by atoms with Crippen molar-refractivity contribution in [2.45, 2.75) is 33.1 Å². The zero-order chi connectivity index (χ0) is 8.69. The zero-order valence-electron chi connectivity index (χ0n) is 7.09. The molecule has 2 nitrogen and oxygen atoms in total. The Morgan fingerprint density at radius 2 is 1.64 bits per heavy atom. The van der Waals surface area contributed by atoms with E-state index in [1.54, 1.807) is 6.92 Å². The van der Waals surface area contributed by atoms with Gasteiger partial charge >= 0.3 is 0 Å². The van der Waals surface area contributed by atoms with Gasteiger partial charge in [0.2, 0.25) is 0 Å². The highest BCUT2D eigenvalue weighted by Gasteiger charge is 1.94. The van der Waals surface area contributed by atoms with Crippen LogP contribution in [-0.2, 0) is 9.59 Å². The van der Waals surface area contributed by atoms with Gasteiger partial charge in [0.05, 0.1) is 0 Å². The lowest BCUT2D eigenvalue weighted by Gasteiger charge is -1.87.